The van der Waals surface area contributed by atoms with E-state index in [0.717, 1.165) is 5.92 Å². The molecular weight excluding hydrogens is 212 g/mol. The molecule has 2 rings (SSSR count). The van der Waals surface area contributed by atoms with E-state index >= 15 is 0 Å². The molecule has 0 saturated heterocycles. The fourth-order valence-electron chi connectivity index (χ4n) is 2.29. The van der Waals surface area contributed by atoms with Gasteiger partial charge in [0.1, 0.15) is 0 Å². The van der Waals surface area contributed by atoms with Crippen molar-refractivity contribution in [3.63, 3.8) is 0 Å². The first-order valence-electron chi connectivity index (χ1n) is 5.50. The minimum atomic E-state index is 0.455. The van der Waals surface area contributed by atoms with E-state index in [1.807, 2.05) is 0 Å². The van der Waals surface area contributed by atoms with E-state index < -0.39 is 0 Å². The van der Waals surface area contributed by atoms with Crippen LogP contribution in [0, 0.1) is 5.92 Å². The number of alkyl halides is 1. The molecule has 1 aromatic rings. The molecule has 1 heterocycles. The van der Waals surface area contributed by atoms with E-state index in [-0.39, 0.29) is 0 Å². The van der Waals surface area contributed by atoms with Crippen LogP contribution in [0.2, 0.25) is 0 Å². The van der Waals surface area contributed by atoms with Crippen LogP contribution in [-0.2, 0) is 6.42 Å². The van der Waals surface area contributed by atoms with Crippen LogP contribution in [0.4, 0.5) is 0 Å². The predicted octanol–water partition coefficient (Wildman–Crippen LogP) is 4.48. The molecule has 0 N–H and O–H groups in total. The zero-order chi connectivity index (χ0) is 9.80. The van der Waals surface area contributed by atoms with Crippen LogP contribution in [0.3, 0.4) is 0 Å². The lowest BCUT2D eigenvalue weighted by atomic mass is 9.85. The number of halogens is 1. The number of hydrogen-bond donors (Lipinski definition) is 0. The molecule has 2 atom stereocenters. The van der Waals surface area contributed by atoms with Crippen molar-refractivity contribution in [3.8, 4) is 0 Å². The molecule has 1 aromatic heterocycles. The van der Waals surface area contributed by atoms with Crippen molar-refractivity contribution in [1.82, 2.24) is 0 Å². The van der Waals surface area contributed by atoms with Gasteiger partial charge in [0.25, 0.3) is 0 Å². The van der Waals surface area contributed by atoms with Gasteiger partial charge in [-0.25, -0.2) is 0 Å². The highest BCUT2D eigenvalue weighted by molar-refractivity contribution is 7.07. The summed E-state index contributed by atoms with van der Waals surface area (Å²) in [6.07, 6.45) is 7.79. The SMILES string of the molecule is ClC1CCCC(CCc2ccsc2)C1. The molecular formula is C12H17ClS. The highest BCUT2D eigenvalue weighted by Crippen LogP contribution is 2.30. The number of thiophene rings is 1. The van der Waals surface area contributed by atoms with Crippen molar-refractivity contribution >= 4 is 22.9 Å². The van der Waals surface area contributed by atoms with Gasteiger partial charge in [-0.3, -0.25) is 0 Å². The van der Waals surface area contributed by atoms with Crippen LogP contribution in [-0.4, -0.2) is 5.38 Å². The maximum Gasteiger partial charge on any atom is 0.0338 e. The van der Waals surface area contributed by atoms with Crippen LogP contribution >= 0.6 is 22.9 Å². The summed E-state index contributed by atoms with van der Waals surface area (Å²) in [6.45, 7) is 0. The summed E-state index contributed by atoms with van der Waals surface area (Å²) in [7, 11) is 0. The molecule has 14 heavy (non-hydrogen) atoms. The minimum Gasteiger partial charge on any atom is -0.152 e. The predicted molar refractivity (Wildman–Crippen MR) is 64.2 cm³/mol. The second kappa shape index (κ2) is 5.18. The smallest absolute Gasteiger partial charge is 0.0338 e. The Morgan fingerprint density at radius 2 is 2.36 bits per heavy atom. The lowest BCUT2D eigenvalue weighted by molar-refractivity contribution is 0.344. The average Bonchev–Trinajstić information content (AvgIpc) is 2.67. The van der Waals surface area contributed by atoms with Crippen LogP contribution in [0.1, 0.15) is 37.7 Å². The molecule has 78 valence electrons. The van der Waals surface area contributed by atoms with Crippen molar-refractivity contribution in [2.45, 2.75) is 43.9 Å². The quantitative estimate of drug-likeness (QED) is 0.670. The Labute approximate surface area is 95.3 Å². The summed E-state index contributed by atoms with van der Waals surface area (Å²) >= 11 is 7.97. The molecule has 1 fully saturated rings. The maximum absolute atomic E-state index is 6.17. The molecule has 0 aliphatic heterocycles. The number of rotatable bonds is 3. The third kappa shape index (κ3) is 2.99. The fourth-order valence-corrected chi connectivity index (χ4v) is 3.40. The fraction of sp³-hybridized carbons (Fsp3) is 0.667. The van der Waals surface area contributed by atoms with Crippen LogP contribution in [0.5, 0.6) is 0 Å². The Balaban J connectivity index is 1.75. The normalized spacial score (nSPS) is 27.8. The minimum absolute atomic E-state index is 0.455. The van der Waals surface area contributed by atoms with Crippen molar-refractivity contribution in [2.75, 3.05) is 0 Å². The standard InChI is InChI=1S/C12H17ClS/c13-12-3-1-2-10(8-12)4-5-11-6-7-14-9-11/h6-7,9-10,12H,1-5,8H2. The molecule has 0 spiro atoms. The van der Waals surface area contributed by atoms with Gasteiger partial charge in [0.2, 0.25) is 0 Å². The van der Waals surface area contributed by atoms with E-state index in [4.69, 9.17) is 11.6 Å². The van der Waals surface area contributed by atoms with E-state index in [9.17, 15) is 0 Å². The van der Waals surface area contributed by atoms with Gasteiger partial charge in [-0.1, -0.05) is 12.8 Å². The third-order valence-electron chi connectivity index (χ3n) is 3.14. The van der Waals surface area contributed by atoms with Gasteiger partial charge in [-0.05, 0) is 54.0 Å². The van der Waals surface area contributed by atoms with Gasteiger partial charge in [0.05, 0.1) is 0 Å². The zero-order valence-electron chi connectivity index (χ0n) is 8.42. The molecule has 0 amide bonds. The van der Waals surface area contributed by atoms with Gasteiger partial charge < -0.3 is 0 Å². The Kier molecular flexibility index (Phi) is 3.89. The first-order valence-corrected chi connectivity index (χ1v) is 6.87. The molecule has 0 radical (unpaired) electrons. The van der Waals surface area contributed by atoms with E-state index in [2.05, 4.69) is 16.8 Å². The Hall–Kier alpha value is -0.0100. The monoisotopic (exact) mass is 228 g/mol. The summed E-state index contributed by atoms with van der Waals surface area (Å²) in [4.78, 5) is 0. The van der Waals surface area contributed by atoms with Gasteiger partial charge in [0.15, 0.2) is 0 Å². The molecule has 1 saturated carbocycles. The van der Waals surface area contributed by atoms with Gasteiger partial charge in [0, 0.05) is 5.38 Å². The first kappa shape index (κ1) is 10.5. The lowest BCUT2D eigenvalue weighted by Gasteiger charge is -2.25. The second-order valence-electron chi connectivity index (χ2n) is 4.30. The topological polar surface area (TPSA) is 0 Å². The molecule has 1 aliphatic carbocycles. The van der Waals surface area contributed by atoms with E-state index in [1.54, 1.807) is 11.3 Å². The van der Waals surface area contributed by atoms with Gasteiger partial charge in [-0.2, -0.15) is 11.3 Å². The highest BCUT2D eigenvalue weighted by atomic mass is 35.5. The zero-order valence-corrected chi connectivity index (χ0v) is 9.99. The molecule has 2 unspecified atom stereocenters. The van der Waals surface area contributed by atoms with Crippen LogP contribution in [0.25, 0.3) is 0 Å². The summed E-state index contributed by atoms with van der Waals surface area (Å²) < 4.78 is 0. The second-order valence-corrected chi connectivity index (χ2v) is 5.70. The van der Waals surface area contributed by atoms with Crippen molar-refractivity contribution < 1.29 is 0 Å². The summed E-state index contributed by atoms with van der Waals surface area (Å²) in [5.41, 5.74) is 1.51. The van der Waals surface area contributed by atoms with Gasteiger partial charge in [-0.15, -0.1) is 11.6 Å². The van der Waals surface area contributed by atoms with Gasteiger partial charge >= 0.3 is 0 Å². The molecule has 0 nitrogen and oxygen atoms in total. The lowest BCUT2D eigenvalue weighted by Crippen LogP contribution is -2.15. The van der Waals surface area contributed by atoms with Crippen LogP contribution < -0.4 is 0 Å². The van der Waals surface area contributed by atoms with Crippen molar-refractivity contribution in [3.05, 3.63) is 22.4 Å². The Morgan fingerprint density at radius 3 is 3.07 bits per heavy atom. The third-order valence-corrected chi connectivity index (χ3v) is 4.27. The Bertz CT molecular complexity index is 255. The summed E-state index contributed by atoms with van der Waals surface area (Å²) in [5.74, 6) is 0.881. The number of hydrogen-bond acceptors (Lipinski definition) is 1. The average molecular weight is 229 g/mol. The number of aryl methyl sites for hydroxylation is 1. The highest BCUT2D eigenvalue weighted by Gasteiger charge is 2.19. The molecule has 2 heteroatoms. The molecule has 0 bridgehead atoms. The van der Waals surface area contributed by atoms with Crippen molar-refractivity contribution in [1.29, 1.82) is 0 Å². The summed E-state index contributed by atoms with van der Waals surface area (Å²) in [5, 5.41) is 4.89. The van der Waals surface area contributed by atoms with Crippen LogP contribution in [0.15, 0.2) is 16.8 Å². The molecule has 1 aliphatic rings. The van der Waals surface area contributed by atoms with E-state index in [0.29, 0.717) is 5.38 Å². The molecule has 0 aromatic carbocycles. The van der Waals surface area contributed by atoms with Crippen molar-refractivity contribution in [2.24, 2.45) is 5.92 Å². The maximum atomic E-state index is 6.17. The largest absolute Gasteiger partial charge is 0.152 e. The van der Waals surface area contributed by atoms with E-state index in [1.165, 1.54) is 44.1 Å². The summed E-state index contributed by atoms with van der Waals surface area (Å²) in [6, 6.07) is 2.24. The Morgan fingerprint density at radius 1 is 1.43 bits per heavy atom. The first-order chi connectivity index (χ1) is 6.84.